The monoisotopic (exact) mass is 421 g/mol. The van der Waals surface area contributed by atoms with Gasteiger partial charge in [0.15, 0.2) is 0 Å². The highest BCUT2D eigenvalue weighted by Crippen LogP contribution is 2.29. The number of aromatic nitrogens is 1. The van der Waals surface area contributed by atoms with Crippen molar-refractivity contribution in [3.05, 3.63) is 54.1 Å². The number of carbonyl (C=O) groups excluding carboxylic acids is 1. The molecule has 6 nitrogen and oxygen atoms in total. The second-order valence-corrected chi connectivity index (χ2v) is 9.95. The molecule has 0 aliphatic heterocycles. The van der Waals surface area contributed by atoms with Gasteiger partial charge in [0.2, 0.25) is 15.9 Å². The normalized spacial score (nSPS) is 14.6. The fourth-order valence-electron chi connectivity index (χ4n) is 3.29. The lowest BCUT2D eigenvalue weighted by molar-refractivity contribution is -0.132. The van der Waals surface area contributed by atoms with Crippen LogP contribution in [0.25, 0.3) is 0 Å². The molecule has 1 aromatic heterocycles. The van der Waals surface area contributed by atoms with Crippen molar-refractivity contribution in [3.63, 3.8) is 0 Å². The number of benzene rings is 1. The van der Waals surface area contributed by atoms with Crippen LogP contribution >= 0.6 is 0 Å². The molecule has 29 heavy (non-hydrogen) atoms. The molecule has 2 aromatic rings. The predicted molar refractivity (Wildman–Crippen MR) is 109 cm³/mol. The van der Waals surface area contributed by atoms with E-state index in [0.717, 1.165) is 30.7 Å². The Morgan fingerprint density at radius 3 is 2.38 bits per heavy atom. The van der Waals surface area contributed by atoms with Crippen molar-refractivity contribution in [1.82, 2.24) is 13.8 Å². The van der Waals surface area contributed by atoms with E-state index in [1.807, 2.05) is 43.8 Å². The fourth-order valence-corrected chi connectivity index (χ4v) is 4.85. The molecule has 1 aliphatic rings. The lowest BCUT2D eigenvalue weighted by Crippen LogP contribution is -2.44. The molecule has 1 aliphatic carbocycles. The fraction of sp³-hybridized carbons (Fsp3) is 0.476. The van der Waals surface area contributed by atoms with Crippen LogP contribution in [0.1, 0.15) is 32.4 Å². The number of rotatable bonds is 9. The van der Waals surface area contributed by atoms with Gasteiger partial charge in [-0.3, -0.25) is 4.79 Å². The summed E-state index contributed by atoms with van der Waals surface area (Å²) < 4.78 is 42.7. The maximum absolute atomic E-state index is 13.2. The Morgan fingerprint density at radius 2 is 1.86 bits per heavy atom. The lowest BCUT2D eigenvalue weighted by Gasteiger charge is -2.28. The summed E-state index contributed by atoms with van der Waals surface area (Å²) in [4.78, 5) is 14.9. The van der Waals surface area contributed by atoms with E-state index >= 15 is 0 Å². The Bertz CT molecular complexity index is 950. The summed E-state index contributed by atoms with van der Waals surface area (Å²) in [5, 5.41) is 0. The van der Waals surface area contributed by atoms with E-state index in [-0.39, 0.29) is 35.9 Å². The summed E-state index contributed by atoms with van der Waals surface area (Å²) in [6, 6.07) is 8.77. The highest BCUT2D eigenvalue weighted by atomic mass is 32.2. The minimum Gasteiger partial charge on any atom is -0.353 e. The summed E-state index contributed by atoms with van der Waals surface area (Å²) >= 11 is 0. The molecule has 0 spiro atoms. The van der Waals surface area contributed by atoms with E-state index in [0.29, 0.717) is 6.54 Å². The van der Waals surface area contributed by atoms with Gasteiger partial charge in [0, 0.05) is 31.5 Å². The number of hydrogen-bond acceptors (Lipinski definition) is 3. The summed E-state index contributed by atoms with van der Waals surface area (Å²) in [6.07, 6.45) is 3.80. The Labute approximate surface area is 172 Å². The second-order valence-electron chi connectivity index (χ2n) is 8.01. The number of hydrogen-bond donors (Lipinski definition) is 0. The van der Waals surface area contributed by atoms with E-state index in [9.17, 15) is 17.6 Å². The van der Waals surface area contributed by atoms with Gasteiger partial charge in [0.1, 0.15) is 5.82 Å². The molecule has 0 N–H and O–H groups in total. The van der Waals surface area contributed by atoms with Crippen LogP contribution in [0.2, 0.25) is 0 Å². The average Bonchev–Trinajstić information content (AvgIpc) is 3.41. The number of halogens is 1. The summed E-state index contributed by atoms with van der Waals surface area (Å²) in [5.74, 6) is -0.668. The van der Waals surface area contributed by atoms with Gasteiger partial charge >= 0.3 is 0 Å². The lowest BCUT2D eigenvalue weighted by atomic mass is 10.2. The highest BCUT2D eigenvalue weighted by Gasteiger charge is 2.36. The number of carbonyl (C=O) groups is 1. The number of nitrogens with zero attached hydrogens (tertiary/aromatic N) is 3. The topological polar surface area (TPSA) is 62.6 Å². The maximum atomic E-state index is 13.2. The van der Waals surface area contributed by atoms with Crippen LogP contribution in [0.4, 0.5) is 4.39 Å². The van der Waals surface area contributed by atoms with Gasteiger partial charge in [0.25, 0.3) is 0 Å². The molecule has 158 valence electrons. The van der Waals surface area contributed by atoms with Crippen molar-refractivity contribution in [1.29, 1.82) is 0 Å². The maximum Gasteiger partial charge on any atom is 0.243 e. The van der Waals surface area contributed by atoms with Crippen LogP contribution < -0.4 is 0 Å². The van der Waals surface area contributed by atoms with Gasteiger partial charge in [-0.2, -0.15) is 4.31 Å². The SMILES string of the molecule is CC(C)CN(CC(=O)N(Cc1cccn1C)C1CC1)S(=O)(=O)c1ccc(F)cc1. The van der Waals surface area contributed by atoms with E-state index in [1.54, 1.807) is 4.90 Å². The zero-order valence-corrected chi connectivity index (χ0v) is 17.9. The smallest absolute Gasteiger partial charge is 0.243 e. The highest BCUT2D eigenvalue weighted by molar-refractivity contribution is 7.89. The Kier molecular flexibility index (Phi) is 6.43. The van der Waals surface area contributed by atoms with Crippen molar-refractivity contribution in [2.45, 2.75) is 44.2 Å². The van der Waals surface area contributed by atoms with Crippen LogP contribution in [-0.4, -0.2) is 47.2 Å². The summed E-state index contributed by atoms with van der Waals surface area (Å²) in [6.45, 7) is 4.26. The third-order valence-electron chi connectivity index (χ3n) is 5.02. The molecule has 1 amide bonds. The van der Waals surface area contributed by atoms with Crippen LogP contribution in [0, 0.1) is 11.7 Å². The molecular formula is C21H28FN3O3S. The zero-order chi connectivity index (χ0) is 21.2. The summed E-state index contributed by atoms with van der Waals surface area (Å²) in [7, 11) is -1.98. The molecular weight excluding hydrogens is 393 g/mol. The van der Waals surface area contributed by atoms with Crippen molar-refractivity contribution in [2.24, 2.45) is 13.0 Å². The van der Waals surface area contributed by atoms with Gasteiger partial charge in [0.05, 0.1) is 18.0 Å². The first-order valence-electron chi connectivity index (χ1n) is 9.84. The molecule has 0 saturated heterocycles. The first-order chi connectivity index (χ1) is 13.7. The molecule has 1 saturated carbocycles. The Balaban J connectivity index is 1.82. The zero-order valence-electron chi connectivity index (χ0n) is 17.1. The molecule has 8 heteroatoms. The minimum atomic E-state index is -3.90. The number of aryl methyl sites for hydroxylation is 1. The van der Waals surface area contributed by atoms with E-state index in [4.69, 9.17) is 0 Å². The largest absolute Gasteiger partial charge is 0.353 e. The van der Waals surface area contributed by atoms with E-state index in [1.165, 1.54) is 16.4 Å². The molecule has 0 radical (unpaired) electrons. The minimum absolute atomic E-state index is 0.00671. The number of sulfonamides is 1. The molecule has 0 unspecified atom stereocenters. The first kappa shape index (κ1) is 21.5. The van der Waals surface area contributed by atoms with Crippen molar-refractivity contribution < 1.29 is 17.6 Å². The summed E-state index contributed by atoms with van der Waals surface area (Å²) in [5.41, 5.74) is 1.00. The molecule has 1 heterocycles. The molecule has 0 atom stereocenters. The molecule has 0 bridgehead atoms. The molecule has 1 fully saturated rings. The van der Waals surface area contributed by atoms with Gasteiger partial charge in [-0.1, -0.05) is 13.8 Å². The van der Waals surface area contributed by atoms with Crippen molar-refractivity contribution in [2.75, 3.05) is 13.1 Å². The van der Waals surface area contributed by atoms with Crippen LogP contribution in [0.5, 0.6) is 0 Å². The second kappa shape index (κ2) is 8.67. The van der Waals surface area contributed by atoms with E-state index < -0.39 is 15.8 Å². The predicted octanol–water partition coefficient (Wildman–Crippen LogP) is 3.00. The van der Waals surface area contributed by atoms with Crippen LogP contribution in [-0.2, 0) is 28.4 Å². The van der Waals surface area contributed by atoms with Gasteiger partial charge in [-0.05, 0) is 55.2 Å². The Hall–Kier alpha value is -2.19. The Morgan fingerprint density at radius 1 is 1.21 bits per heavy atom. The van der Waals surface area contributed by atoms with Gasteiger partial charge in [-0.25, -0.2) is 12.8 Å². The first-order valence-corrected chi connectivity index (χ1v) is 11.3. The standard InChI is InChI=1S/C21H28FN3O3S/c1-16(2)13-24(29(27,28)20-10-6-17(22)7-11-20)15-21(26)25(18-8-9-18)14-19-5-4-12-23(19)3/h4-7,10-12,16,18H,8-9,13-15H2,1-3H3. The van der Waals surface area contributed by atoms with Crippen LogP contribution in [0.15, 0.2) is 47.5 Å². The van der Waals surface area contributed by atoms with Gasteiger partial charge < -0.3 is 9.47 Å². The molecule has 1 aromatic carbocycles. The number of amides is 1. The van der Waals surface area contributed by atoms with E-state index in [2.05, 4.69) is 0 Å². The van der Waals surface area contributed by atoms with Gasteiger partial charge in [-0.15, -0.1) is 0 Å². The van der Waals surface area contributed by atoms with Crippen molar-refractivity contribution in [3.8, 4) is 0 Å². The molecule has 3 rings (SSSR count). The average molecular weight is 422 g/mol. The quantitative estimate of drug-likeness (QED) is 0.625. The van der Waals surface area contributed by atoms with Crippen molar-refractivity contribution >= 4 is 15.9 Å². The third-order valence-corrected chi connectivity index (χ3v) is 6.85. The third kappa shape index (κ3) is 5.25. The van der Waals surface area contributed by atoms with Crippen LogP contribution in [0.3, 0.4) is 0 Å².